The van der Waals surface area contributed by atoms with E-state index in [1.807, 2.05) is 13.8 Å². The van der Waals surface area contributed by atoms with E-state index in [2.05, 4.69) is 5.32 Å². The molecular formula is C21H20F2N2O3. The maximum absolute atomic E-state index is 13.8. The highest BCUT2D eigenvalue weighted by Crippen LogP contribution is 2.33. The minimum atomic E-state index is -0.934. The number of nitriles is 1. The van der Waals surface area contributed by atoms with Crippen molar-refractivity contribution in [3.8, 4) is 17.6 Å². The van der Waals surface area contributed by atoms with E-state index in [0.29, 0.717) is 36.3 Å². The summed E-state index contributed by atoms with van der Waals surface area (Å²) in [6.45, 7) is 4.63. The highest BCUT2D eigenvalue weighted by Gasteiger charge is 2.16. The molecule has 0 saturated heterocycles. The lowest BCUT2D eigenvalue weighted by Gasteiger charge is -2.14. The first-order chi connectivity index (χ1) is 13.5. The molecule has 0 radical (unpaired) electrons. The third-order valence-corrected chi connectivity index (χ3v) is 3.60. The summed E-state index contributed by atoms with van der Waals surface area (Å²) in [5, 5.41) is 11.7. The number of anilines is 1. The molecule has 28 heavy (non-hydrogen) atoms. The van der Waals surface area contributed by atoms with Crippen LogP contribution >= 0.6 is 0 Å². The molecule has 0 aliphatic heterocycles. The van der Waals surface area contributed by atoms with Gasteiger partial charge < -0.3 is 14.8 Å². The number of hydrogen-bond acceptors (Lipinski definition) is 4. The van der Waals surface area contributed by atoms with Crippen LogP contribution < -0.4 is 14.8 Å². The van der Waals surface area contributed by atoms with E-state index in [9.17, 15) is 18.8 Å². The van der Waals surface area contributed by atoms with Gasteiger partial charge in [-0.3, -0.25) is 4.79 Å². The average molecular weight is 386 g/mol. The third-order valence-electron chi connectivity index (χ3n) is 3.60. The molecule has 0 aromatic heterocycles. The number of benzene rings is 2. The van der Waals surface area contributed by atoms with Gasteiger partial charge in [-0.25, -0.2) is 8.78 Å². The standard InChI is InChI=1S/C21H20F2N2O3/c1-3-10-28-20-14(6-5-7-19(20)27-4-2)11-15(13-24)21(26)25-18-9-8-16(22)12-17(18)23/h5-9,11-12H,3-4,10H2,1-2H3,(H,25,26)/b15-11+. The Morgan fingerprint density at radius 2 is 2.00 bits per heavy atom. The largest absolute Gasteiger partial charge is 0.490 e. The summed E-state index contributed by atoms with van der Waals surface area (Å²) < 4.78 is 38.0. The zero-order valence-corrected chi connectivity index (χ0v) is 15.6. The SMILES string of the molecule is CCCOc1c(/C=C(\C#N)C(=O)Nc2ccc(F)cc2F)cccc1OCC. The molecule has 2 aromatic carbocycles. The van der Waals surface area contributed by atoms with Crippen molar-refractivity contribution >= 4 is 17.7 Å². The second kappa shape index (κ2) is 10.1. The van der Waals surface area contributed by atoms with Gasteiger partial charge in [0.25, 0.3) is 5.91 Å². The predicted molar refractivity (Wildman–Crippen MR) is 102 cm³/mol. The van der Waals surface area contributed by atoms with Crippen LogP contribution in [0.15, 0.2) is 42.0 Å². The number of ether oxygens (including phenoxy) is 2. The molecule has 0 spiro atoms. The lowest BCUT2D eigenvalue weighted by atomic mass is 10.1. The normalized spacial score (nSPS) is 10.9. The summed E-state index contributed by atoms with van der Waals surface area (Å²) in [4.78, 5) is 12.4. The molecule has 0 heterocycles. The van der Waals surface area contributed by atoms with E-state index in [0.717, 1.165) is 18.6 Å². The Labute approximate surface area is 162 Å². The molecule has 2 rings (SSSR count). The lowest BCUT2D eigenvalue weighted by Crippen LogP contribution is -2.14. The summed E-state index contributed by atoms with van der Waals surface area (Å²) >= 11 is 0. The minimum absolute atomic E-state index is 0.224. The van der Waals surface area contributed by atoms with E-state index in [1.54, 1.807) is 24.3 Å². The van der Waals surface area contributed by atoms with Crippen LogP contribution in [0.5, 0.6) is 11.5 Å². The molecule has 0 unspecified atom stereocenters. The van der Waals surface area contributed by atoms with Gasteiger partial charge in [0, 0.05) is 11.6 Å². The molecule has 0 atom stereocenters. The van der Waals surface area contributed by atoms with Crippen LogP contribution in [-0.2, 0) is 4.79 Å². The Morgan fingerprint density at radius 1 is 1.21 bits per heavy atom. The van der Waals surface area contributed by atoms with Crippen molar-refractivity contribution in [1.29, 1.82) is 5.26 Å². The highest BCUT2D eigenvalue weighted by molar-refractivity contribution is 6.09. The number of carbonyl (C=O) groups is 1. The molecule has 1 N–H and O–H groups in total. The molecule has 0 saturated carbocycles. The Hall–Kier alpha value is -3.40. The van der Waals surface area contributed by atoms with Gasteiger partial charge >= 0.3 is 0 Å². The van der Waals surface area contributed by atoms with Crippen LogP contribution in [0.3, 0.4) is 0 Å². The first-order valence-corrected chi connectivity index (χ1v) is 8.76. The summed E-state index contributed by atoms with van der Waals surface area (Å²) in [6.07, 6.45) is 2.10. The van der Waals surface area contributed by atoms with Gasteiger partial charge in [-0.1, -0.05) is 19.1 Å². The van der Waals surface area contributed by atoms with Crippen molar-refractivity contribution in [3.63, 3.8) is 0 Å². The number of nitrogens with one attached hydrogen (secondary N) is 1. The highest BCUT2D eigenvalue weighted by atomic mass is 19.1. The fourth-order valence-corrected chi connectivity index (χ4v) is 2.36. The molecule has 0 aliphatic rings. The Bertz CT molecular complexity index is 920. The van der Waals surface area contributed by atoms with Crippen LogP contribution in [0.1, 0.15) is 25.8 Å². The van der Waals surface area contributed by atoms with E-state index >= 15 is 0 Å². The van der Waals surface area contributed by atoms with E-state index < -0.39 is 17.5 Å². The van der Waals surface area contributed by atoms with E-state index in [1.165, 1.54) is 6.08 Å². The summed E-state index contributed by atoms with van der Waals surface area (Å²) in [6, 6.07) is 9.65. The van der Waals surface area contributed by atoms with Gasteiger partial charge in [0.15, 0.2) is 11.5 Å². The molecule has 0 fully saturated rings. The number of amides is 1. The van der Waals surface area contributed by atoms with E-state index in [4.69, 9.17) is 9.47 Å². The molecule has 5 nitrogen and oxygen atoms in total. The number of para-hydroxylation sites is 1. The number of nitrogens with zero attached hydrogens (tertiary/aromatic N) is 1. The smallest absolute Gasteiger partial charge is 0.266 e. The Kier molecular flexibility index (Phi) is 7.52. The van der Waals surface area contributed by atoms with Crippen molar-refractivity contribution in [2.24, 2.45) is 0 Å². The Morgan fingerprint density at radius 3 is 2.64 bits per heavy atom. The lowest BCUT2D eigenvalue weighted by molar-refractivity contribution is -0.112. The van der Waals surface area contributed by atoms with Crippen molar-refractivity contribution in [2.45, 2.75) is 20.3 Å². The fourth-order valence-electron chi connectivity index (χ4n) is 2.36. The second-order valence-corrected chi connectivity index (χ2v) is 5.70. The predicted octanol–water partition coefficient (Wildman–Crippen LogP) is 4.70. The van der Waals surface area contributed by atoms with Crippen molar-refractivity contribution in [3.05, 3.63) is 59.2 Å². The van der Waals surface area contributed by atoms with Gasteiger partial charge in [0.05, 0.1) is 18.9 Å². The number of rotatable bonds is 8. The van der Waals surface area contributed by atoms with Crippen molar-refractivity contribution < 1.29 is 23.0 Å². The summed E-state index contributed by atoms with van der Waals surface area (Å²) in [5.74, 6) is -1.61. The van der Waals surface area contributed by atoms with Crippen molar-refractivity contribution in [1.82, 2.24) is 0 Å². The van der Waals surface area contributed by atoms with Crippen LogP contribution in [-0.4, -0.2) is 19.1 Å². The first kappa shape index (κ1) is 20.9. The number of halogens is 2. The minimum Gasteiger partial charge on any atom is -0.490 e. The van der Waals surface area contributed by atoms with E-state index in [-0.39, 0.29) is 11.3 Å². The quantitative estimate of drug-likeness (QED) is 0.527. The fraction of sp³-hybridized carbons (Fsp3) is 0.238. The molecule has 146 valence electrons. The topological polar surface area (TPSA) is 71.3 Å². The molecule has 0 bridgehead atoms. The number of hydrogen-bond donors (Lipinski definition) is 1. The zero-order chi connectivity index (χ0) is 20.5. The average Bonchev–Trinajstić information content (AvgIpc) is 2.67. The Balaban J connectivity index is 2.36. The van der Waals surface area contributed by atoms with Crippen LogP contribution in [0.2, 0.25) is 0 Å². The third kappa shape index (κ3) is 5.30. The molecular weight excluding hydrogens is 366 g/mol. The van der Waals surface area contributed by atoms with Crippen LogP contribution in [0.4, 0.5) is 14.5 Å². The second-order valence-electron chi connectivity index (χ2n) is 5.70. The van der Waals surface area contributed by atoms with Gasteiger partial charge in [-0.05, 0) is 37.6 Å². The van der Waals surface area contributed by atoms with Gasteiger partial charge in [0.2, 0.25) is 0 Å². The monoisotopic (exact) mass is 386 g/mol. The van der Waals surface area contributed by atoms with Gasteiger partial charge in [0.1, 0.15) is 23.3 Å². The zero-order valence-electron chi connectivity index (χ0n) is 15.6. The summed E-state index contributed by atoms with van der Waals surface area (Å²) in [5.41, 5.74) is -0.0116. The maximum atomic E-state index is 13.8. The molecule has 2 aromatic rings. The summed E-state index contributed by atoms with van der Waals surface area (Å²) in [7, 11) is 0. The first-order valence-electron chi connectivity index (χ1n) is 8.76. The van der Waals surface area contributed by atoms with Crippen LogP contribution in [0.25, 0.3) is 6.08 Å². The van der Waals surface area contributed by atoms with Gasteiger partial charge in [-0.15, -0.1) is 0 Å². The maximum Gasteiger partial charge on any atom is 0.266 e. The van der Waals surface area contributed by atoms with Crippen LogP contribution in [0, 0.1) is 23.0 Å². The molecule has 7 heteroatoms. The molecule has 0 aliphatic carbocycles. The van der Waals surface area contributed by atoms with Crippen molar-refractivity contribution in [2.75, 3.05) is 18.5 Å². The molecule has 1 amide bonds. The number of carbonyl (C=O) groups excluding carboxylic acids is 1. The van der Waals surface area contributed by atoms with Gasteiger partial charge in [-0.2, -0.15) is 5.26 Å².